The van der Waals surface area contributed by atoms with Crippen LogP contribution in [0.5, 0.6) is 0 Å². The van der Waals surface area contributed by atoms with E-state index in [1.807, 2.05) is 37.4 Å². The zero-order valence-electron chi connectivity index (χ0n) is 9.07. The highest BCUT2D eigenvalue weighted by atomic mass is 35.5. The van der Waals surface area contributed by atoms with Crippen LogP contribution in [0.2, 0.25) is 5.02 Å². The van der Waals surface area contributed by atoms with Crippen molar-refractivity contribution in [3.05, 3.63) is 53.2 Å². The van der Waals surface area contributed by atoms with Crippen LogP contribution in [0.15, 0.2) is 42.6 Å². The number of halogens is 1. The molecule has 1 aromatic carbocycles. The summed E-state index contributed by atoms with van der Waals surface area (Å²) >= 11 is 6.23. The summed E-state index contributed by atoms with van der Waals surface area (Å²) in [5, 5.41) is 3.84. The van der Waals surface area contributed by atoms with Crippen molar-refractivity contribution in [3.8, 4) is 11.3 Å². The lowest BCUT2D eigenvalue weighted by atomic mass is 10.1. The fraction of sp³-hybridized carbons (Fsp3) is 0.154. The van der Waals surface area contributed by atoms with Crippen molar-refractivity contribution >= 4 is 11.6 Å². The third kappa shape index (κ3) is 2.40. The first-order valence-corrected chi connectivity index (χ1v) is 5.53. The monoisotopic (exact) mass is 232 g/mol. The lowest BCUT2D eigenvalue weighted by molar-refractivity contribution is 0.818. The van der Waals surface area contributed by atoms with E-state index in [1.54, 1.807) is 6.20 Å². The van der Waals surface area contributed by atoms with Crippen molar-refractivity contribution in [2.75, 3.05) is 7.05 Å². The molecule has 0 aliphatic carbocycles. The number of pyridine rings is 1. The Morgan fingerprint density at radius 3 is 2.75 bits per heavy atom. The van der Waals surface area contributed by atoms with Gasteiger partial charge in [0.25, 0.3) is 0 Å². The molecule has 82 valence electrons. The standard InChI is InChI=1S/C13H13ClN2/c1-15-9-10-5-6-11(12(14)8-10)13-4-2-3-7-16-13/h2-8,15H,9H2,1H3. The van der Waals surface area contributed by atoms with Crippen molar-refractivity contribution < 1.29 is 0 Å². The molecule has 16 heavy (non-hydrogen) atoms. The third-order valence-electron chi connectivity index (χ3n) is 2.36. The lowest BCUT2D eigenvalue weighted by Gasteiger charge is -2.06. The SMILES string of the molecule is CNCc1ccc(-c2ccccn2)c(Cl)c1. The molecule has 2 nitrogen and oxygen atoms in total. The van der Waals surface area contributed by atoms with Crippen molar-refractivity contribution in [3.63, 3.8) is 0 Å². The average molecular weight is 233 g/mol. The molecule has 2 rings (SSSR count). The Kier molecular flexibility index (Phi) is 3.54. The summed E-state index contributed by atoms with van der Waals surface area (Å²) in [6.45, 7) is 0.822. The van der Waals surface area contributed by atoms with Crippen molar-refractivity contribution in [2.45, 2.75) is 6.54 Å². The van der Waals surface area contributed by atoms with Crippen molar-refractivity contribution in [1.29, 1.82) is 0 Å². The van der Waals surface area contributed by atoms with Gasteiger partial charge in [0.1, 0.15) is 0 Å². The van der Waals surface area contributed by atoms with Crippen LogP contribution in [0.1, 0.15) is 5.56 Å². The van der Waals surface area contributed by atoms with Gasteiger partial charge in [-0.3, -0.25) is 4.98 Å². The summed E-state index contributed by atoms with van der Waals surface area (Å²) in [7, 11) is 1.92. The molecule has 0 aliphatic heterocycles. The van der Waals surface area contributed by atoms with Crippen LogP contribution >= 0.6 is 11.6 Å². The second-order valence-electron chi connectivity index (χ2n) is 3.56. The highest BCUT2D eigenvalue weighted by Crippen LogP contribution is 2.26. The molecule has 3 heteroatoms. The van der Waals surface area contributed by atoms with E-state index in [0.717, 1.165) is 22.8 Å². The smallest absolute Gasteiger partial charge is 0.0716 e. The van der Waals surface area contributed by atoms with E-state index in [0.29, 0.717) is 0 Å². The Hall–Kier alpha value is -1.38. The number of rotatable bonds is 3. The molecular weight excluding hydrogens is 220 g/mol. The molecule has 1 heterocycles. The quantitative estimate of drug-likeness (QED) is 0.880. The maximum atomic E-state index is 6.23. The number of hydrogen-bond acceptors (Lipinski definition) is 2. The van der Waals surface area contributed by atoms with Gasteiger partial charge in [-0.2, -0.15) is 0 Å². The predicted molar refractivity (Wildman–Crippen MR) is 67.4 cm³/mol. The fourth-order valence-corrected chi connectivity index (χ4v) is 1.90. The molecule has 0 aliphatic rings. The molecule has 0 spiro atoms. The lowest BCUT2D eigenvalue weighted by Crippen LogP contribution is -2.04. The maximum Gasteiger partial charge on any atom is 0.0716 e. The molecule has 0 atom stereocenters. The largest absolute Gasteiger partial charge is 0.316 e. The van der Waals surface area contributed by atoms with Gasteiger partial charge in [-0.05, 0) is 30.8 Å². The van der Waals surface area contributed by atoms with Crippen molar-refractivity contribution in [1.82, 2.24) is 10.3 Å². The molecule has 0 saturated heterocycles. The molecule has 1 aromatic heterocycles. The molecule has 0 amide bonds. The van der Waals surface area contributed by atoms with E-state index >= 15 is 0 Å². The zero-order chi connectivity index (χ0) is 11.4. The Morgan fingerprint density at radius 2 is 2.12 bits per heavy atom. The second-order valence-corrected chi connectivity index (χ2v) is 3.97. The van der Waals surface area contributed by atoms with Gasteiger partial charge in [0.15, 0.2) is 0 Å². The van der Waals surface area contributed by atoms with E-state index in [-0.39, 0.29) is 0 Å². The van der Waals surface area contributed by atoms with Crippen LogP contribution in [0.3, 0.4) is 0 Å². The van der Waals surface area contributed by atoms with Gasteiger partial charge in [0.2, 0.25) is 0 Å². The van der Waals surface area contributed by atoms with Crippen molar-refractivity contribution in [2.24, 2.45) is 0 Å². The normalized spacial score (nSPS) is 10.4. The molecule has 0 radical (unpaired) electrons. The first-order valence-electron chi connectivity index (χ1n) is 5.15. The molecule has 0 bridgehead atoms. The van der Waals surface area contributed by atoms with Crippen LogP contribution < -0.4 is 5.32 Å². The topological polar surface area (TPSA) is 24.9 Å². The Bertz CT molecular complexity index is 469. The Morgan fingerprint density at radius 1 is 1.25 bits per heavy atom. The molecule has 1 N–H and O–H groups in total. The van der Waals surface area contributed by atoms with E-state index in [9.17, 15) is 0 Å². The first-order chi connectivity index (χ1) is 7.81. The Balaban J connectivity index is 2.37. The minimum atomic E-state index is 0.742. The van der Waals surface area contributed by atoms with Gasteiger partial charge < -0.3 is 5.32 Å². The number of aromatic nitrogens is 1. The van der Waals surface area contributed by atoms with Gasteiger partial charge in [0, 0.05) is 18.3 Å². The minimum absolute atomic E-state index is 0.742. The van der Waals surface area contributed by atoms with Gasteiger partial charge in [-0.15, -0.1) is 0 Å². The fourth-order valence-electron chi connectivity index (χ4n) is 1.60. The molecule has 2 aromatic rings. The van der Waals surface area contributed by atoms with Gasteiger partial charge in [-0.25, -0.2) is 0 Å². The highest BCUT2D eigenvalue weighted by molar-refractivity contribution is 6.33. The van der Waals surface area contributed by atoms with Crippen LogP contribution in [-0.4, -0.2) is 12.0 Å². The highest BCUT2D eigenvalue weighted by Gasteiger charge is 2.04. The molecular formula is C13H13ClN2. The van der Waals surface area contributed by atoms with Crippen LogP contribution in [-0.2, 0) is 6.54 Å². The number of nitrogens with one attached hydrogen (secondary N) is 1. The summed E-state index contributed by atoms with van der Waals surface area (Å²) in [5.41, 5.74) is 3.05. The second kappa shape index (κ2) is 5.10. The predicted octanol–water partition coefficient (Wildman–Crippen LogP) is 3.12. The maximum absolute atomic E-state index is 6.23. The van der Waals surface area contributed by atoms with E-state index in [4.69, 9.17) is 11.6 Å². The Labute approximate surface area is 100 Å². The summed E-state index contributed by atoms with van der Waals surface area (Å²) in [5.74, 6) is 0. The minimum Gasteiger partial charge on any atom is -0.316 e. The summed E-state index contributed by atoms with van der Waals surface area (Å²) in [4.78, 5) is 4.29. The average Bonchev–Trinajstić information content (AvgIpc) is 2.31. The summed E-state index contributed by atoms with van der Waals surface area (Å²) in [6, 6.07) is 11.9. The van der Waals surface area contributed by atoms with Gasteiger partial charge >= 0.3 is 0 Å². The third-order valence-corrected chi connectivity index (χ3v) is 2.67. The molecule has 0 fully saturated rings. The number of nitrogens with zero attached hydrogens (tertiary/aromatic N) is 1. The van der Waals surface area contributed by atoms with Gasteiger partial charge in [0.05, 0.1) is 10.7 Å². The van der Waals surface area contributed by atoms with E-state index in [2.05, 4.69) is 16.4 Å². The summed E-state index contributed by atoms with van der Waals surface area (Å²) in [6.07, 6.45) is 1.77. The summed E-state index contributed by atoms with van der Waals surface area (Å²) < 4.78 is 0. The number of benzene rings is 1. The van der Waals surface area contributed by atoms with Crippen LogP contribution in [0.4, 0.5) is 0 Å². The number of hydrogen-bond donors (Lipinski definition) is 1. The van der Waals surface area contributed by atoms with E-state index < -0.39 is 0 Å². The molecule has 0 unspecified atom stereocenters. The van der Waals surface area contributed by atoms with Crippen LogP contribution in [0, 0.1) is 0 Å². The molecule has 0 saturated carbocycles. The van der Waals surface area contributed by atoms with E-state index in [1.165, 1.54) is 5.56 Å². The van der Waals surface area contributed by atoms with Crippen LogP contribution in [0.25, 0.3) is 11.3 Å². The van der Waals surface area contributed by atoms with Gasteiger partial charge in [-0.1, -0.05) is 29.8 Å². The zero-order valence-corrected chi connectivity index (χ0v) is 9.83. The first kappa shape index (κ1) is 11.1.